The summed E-state index contributed by atoms with van der Waals surface area (Å²) in [6.45, 7) is 2.21. The van der Waals surface area contributed by atoms with Crippen LogP contribution in [0.2, 0.25) is 5.02 Å². The third kappa shape index (κ3) is 4.81. The summed E-state index contributed by atoms with van der Waals surface area (Å²) in [5, 5.41) is 10.4. The number of amides is 2. The number of rotatable bonds is 7. The van der Waals surface area contributed by atoms with Crippen LogP contribution in [0.3, 0.4) is 0 Å². The van der Waals surface area contributed by atoms with Crippen molar-refractivity contribution in [3.8, 4) is 0 Å². The van der Waals surface area contributed by atoms with Crippen LogP contribution in [0.4, 0.5) is 0 Å². The molecule has 1 aliphatic carbocycles. The Morgan fingerprint density at radius 1 is 1.30 bits per heavy atom. The van der Waals surface area contributed by atoms with E-state index in [1.54, 1.807) is 0 Å². The van der Waals surface area contributed by atoms with E-state index in [2.05, 4.69) is 26.9 Å². The Morgan fingerprint density at radius 3 is 2.93 bits per heavy atom. The fraction of sp³-hybridized carbons (Fsp3) is 0.600. The van der Waals surface area contributed by atoms with Gasteiger partial charge in [0.15, 0.2) is 0 Å². The number of benzene rings is 1. The molecule has 2 aliphatic heterocycles. The highest BCUT2D eigenvalue weighted by Crippen LogP contribution is 2.26. The molecular weight excluding hydrogens is 364 g/mol. The molecule has 0 unspecified atom stereocenters. The molecule has 2 heterocycles. The molecule has 1 aromatic carbocycles. The third-order valence-electron chi connectivity index (χ3n) is 5.75. The maximum atomic E-state index is 12.3. The van der Waals surface area contributed by atoms with Gasteiger partial charge in [-0.15, -0.1) is 0 Å². The number of hydrogen-bond donors (Lipinski definition) is 3. The molecule has 0 bridgehead atoms. The largest absolute Gasteiger partial charge is 0.353 e. The number of fused-ring (bicyclic) bond motifs is 1. The fourth-order valence-electron chi connectivity index (χ4n) is 4.13. The van der Waals surface area contributed by atoms with E-state index in [9.17, 15) is 9.59 Å². The van der Waals surface area contributed by atoms with Gasteiger partial charge in [-0.3, -0.25) is 14.5 Å². The maximum absolute atomic E-state index is 12.3. The number of piperazine rings is 1. The van der Waals surface area contributed by atoms with E-state index in [0.717, 1.165) is 49.4 Å². The summed E-state index contributed by atoms with van der Waals surface area (Å²) in [4.78, 5) is 26.6. The first-order valence-corrected chi connectivity index (χ1v) is 10.3. The highest BCUT2D eigenvalue weighted by molar-refractivity contribution is 6.30. The number of carbonyl (C=O) groups is 2. The number of halogens is 1. The van der Waals surface area contributed by atoms with Crippen LogP contribution < -0.4 is 16.0 Å². The van der Waals surface area contributed by atoms with Gasteiger partial charge < -0.3 is 16.0 Å². The van der Waals surface area contributed by atoms with Gasteiger partial charge in [-0.25, -0.2) is 0 Å². The molecule has 146 valence electrons. The summed E-state index contributed by atoms with van der Waals surface area (Å²) in [6.07, 6.45) is 4.34. The summed E-state index contributed by atoms with van der Waals surface area (Å²) in [5.74, 6) is 0.251. The molecule has 3 N–H and O–H groups in total. The van der Waals surface area contributed by atoms with E-state index in [1.807, 2.05) is 18.2 Å². The summed E-state index contributed by atoms with van der Waals surface area (Å²) in [6, 6.07) is 8.65. The standard InChI is InChI=1S/C20H27ClN4O2/c21-14-3-1-2-13(8-14)10-22-16-9-18-20(27)23-11-17(25(18)12-16)6-7-19(26)24-15-4-5-15/h1-3,8,15-18,22H,4-7,9-12H2,(H,23,27)(H,24,26)/t16-,17+,18-/m0/s1. The molecular formula is C20H27ClN4O2. The first-order chi connectivity index (χ1) is 13.1. The van der Waals surface area contributed by atoms with Crippen LogP contribution in [-0.2, 0) is 16.1 Å². The molecule has 2 amide bonds. The van der Waals surface area contributed by atoms with E-state index in [-0.39, 0.29) is 29.9 Å². The van der Waals surface area contributed by atoms with Gasteiger partial charge in [-0.2, -0.15) is 0 Å². The van der Waals surface area contributed by atoms with Crippen LogP contribution in [0, 0.1) is 0 Å². The maximum Gasteiger partial charge on any atom is 0.237 e. The Labute approximate surface area is 165 Å². The van der Waals surface area contributed by atoms with Crippen molar-refractivity contribution < 1.29 is 9.59 Å². The lowest BCUT2D eigenvalue weighted by atomic mass is 10.0. The summed E-state index contributed by atoms with van der Waals surface area (Å²) in [5.41, 5.74) is 1.14. The van der Waals surface area contributed by atoms with Crippen molar-refractivity contribution in [2.75, 3.05) is 13.1 Å². The topological polar surface area (TPSA) is 73.5 Å². The molecule has 0 spiro atoms. The van der Waals surface area contributed by atoms with E-state index >= 15 is 0 Å². The fourth-order valence-corrected chi connectivity index (χ4v) is 4.34. The minimum atomic E-state index is -0.0906. The highest BCUT2D eigenvalue weighted by atomic mass is 35.5. The first kappa shape index (κ1) is 18.7. The quantitative estimate of drug-likeness (QED) is 0.658. The lowest BCUT2D eigenvalue weighted by Crippen LogP contribution is -2.58. The number of nitrogens with zero attached hydrogens (tertiary/aromatic N) is 1. The summed E-state index contributed by atoms with van der Waals surface area (Å²) in [7, 11) is 0. The minimum absolute atomic E-state index is 0.0906. The zero-order valence-electron chi connectivity index (χ0n) is 15.4. The predicted octanol–water partition coefficient (Wildman–Crippen LogP) is 1.43. The molecule has 3 aliphatic rings. The second-order valence-corrected chi connectivity index (χ2v) is 8.37. The van der Waals surface area contributed by atoms with Crippen LogP contribution in [0.5, 0.6) is 0 Å². The van der Waals surface area contributed by atoms with E-state index < -0.39 is 0 Å². The van der Waals surface area contributed by atoms with Gasteiger partial charge in [-0.05, 0) is 43.4 Å². The van der Waals surface area contributed by atoms with E-state index in [1.165, 1.54) is 0 Å². The van der Waals surface area contributed by atoms with Crippen LogP contribution in [0.15, 0.2) is 24.3 Å². The Balaban J connectivity index is 1.30. The molecule has 2 saturated heterocycles. The molecule has 1 aromatic rings. The Morgan fingerprint density at radius 2 is 2.15 bits per heavy atom. The normalized spacial score (nSPS) is 27.9. The van der Waals surface area contributed by atoms with E-state index in [0.29, 0.717) is 19.0 Å². The Kier molecular flexibility index (Phi) is 5.66. The van der Waals surface area contributed by atoms with Gasteiger partial charge in [-0.1, -0.05) is 23.7 Å². The molecule has 0 radical (unpaired) electrons. The molecule has 3 atom stereocenters. The van der Waals surface area contributed by atoms with Gasteiger partial charge in [0.25, 0.3) is 0 Å². The lowest BCUT2D eigenvalue weighted by Gasteiger charge is -2.37. The number of hydrogen-bond acceptors (Lipinski definition) is 4. The van der Waals surface area contributed by atoms with Gasteiger partial charge in [0.05, 0.1) is 6.04 Å². The smallest absolute Gasteiger partial charge is 0.237 e. The SMILES string of the molecule is O=C(CC[C@@H]1CNC(=O)[C@@H]2C[C@H](NCc3cccc(Cl)c3)CN12)NC1CC1. The lowest BCUT2D eigenvalue weighted by molar-refractivity contribution is -0.129. The van der Waals surface area contributed by atoms with Gasteiger partial charge >= 0.3 is 0 Å². The van der Waals surface area contributed by atoms with Crippen LogP contribution in [0.25, 0.3) is 0 Å². The van der Waals surface area contributed by atoms with Gasteiger partial charge in [0.1, 0.15) is 0 Å². The molecule has 7 heteroatoms. The number of nitrogens with one attached hydrogen (secondary N) is 3. The van der Waals surface area contributed by atoms with E-state index in [4.69, 9.17) is 11.6 Å². The van der Waals surface area contributed by atoms with Crippen molar-refractivity contribution in [1.29, 1.82) is 0 Å². The summed E-state index contributed by atoms with van der Waals surface area (Å²) < 4.78 is 0. The highest BCUT2D eigenvalue weighted by Gasteiger charge is 2.43. The molecule has 4 rings (SSSR count). The van der Waals surface area contributed by atoms with Crippen molar-refractivity contribution >= 4 is 23.4 Å². The van der Waals surface area contributed by atoms with Crippen molar-refractivity contribution in [2.45, 2.75) is 62.8 Å². The average molecular weight is 391 g/mol. The Hall–Kier alpha value is -1.63. The van der Waals surface area contributed by atoms with Gasteiger partial charge in [0, 0.05) is 49.2 Å². The Bertz CT molecular complexity index is 709. The van der Waals surface area contributed by atoms with Crippen molar-refractivity contribution in [2.24, 2.45) is 0 Å². The molecule has 6 nitrogen and oxygen atoms in total. The minimum Gasteiger partial charge on any atom is -0.353 e. The monoisotopic (exact) mass is 390 g/mol. The molecule has 3 fully saturated rings. The molecule has 0 aromatic heterocycles. The second-order valence-electron chi connectivity index (χ2n) is 7.94. The van der Waals surface area contributed by atoms with Crippen molar-refractivity contribution in [3.63, 3.8) is 0 Å². The molecule has 27 heavy (non-hydrogen) atoms. The van der Waals surface area contributed by atoms with Crippen molar-refractivity contribution in [3.05, 3.63) is 34.9 Å². The van der Waals surface area contributed by atoms with Crippen LogP contribution in [0.1, 0.15) is 37.7 Å². The number of carbonyl (C=O) groups excluding carboxylic acids is 2. The third-order valence-corrected chi connectivity index (χ3v) is 5.99. The zero-order chi connectivity index (χ0) is 18.8. The van der Waals surface area contributed by atoms with Crippen LogP contribution in [-0.4, -0.2) is 54.0 Å². The van der Waals surface area contributed by atoms with Gasteiger partial charge in [0.2, 0.25) is 11.8 Å². The predicted molar refractivity (Wildman–Crippen MR) is 104 cm³/mol. The van der Waals surface area contributed by atoms with Crippen LogP contribution >= 0.6 is 11.6 Å². The average Bonchev–Trinajstić information content (AvgIpc) is 3.34. The zero-order valence-corrected chi connectivity index (χ0v) is 16.2. The van der Waals surface area contributed by atoms with Crippen molar-refractivity contribution in [1.82, 2.24) is 20.9 Å². The second kappa shape index (κ2) is 8.17. The summed E-state index contributed by atoms with van der Waals surface area (Å²) >= 11 is 6.05. The first-order valence-electron chi connectivity index (χ1n) is 9.89. The molecule has 1 saturated carbocycles.